The summed E-state index contributed by atoms with van der Waals surface area (Å²) in [6, 6.07) is 11.3. The molecule has 3 aromatic rings. The molecule has 1 aromatic carbocycles. The largest absolute Gasteiger partial charge is 0.481 e. The minimum absolute atomic E-state index is 0.0608. The molecule has 0 aliphatic carbocycles. The number of thiazole rings is 1. The zero-order valence-corrected chi connectivity index (χ0v) is 11.7. The Balaban J connectivity index is 2.10. The van der Waals surface area contributed by atoms with Crippen LogP contribution < -0.4 is 0 Å². The van der Waals surface area contributed by atoms with E-state index in [9.17, 15) is 4.79 Å². The summed E-state index contributed by atoms with van der Waals surface area (Å²) in [5.74, 6) is -0.368. The number of carboxylic acids is 1. The molecule has 0 spiro atoms. The first kappa shape index (κ1) is 13.4. The summed E-state index contributed by atoms with van der Waals surface area (Å²) >= 11 is 1.32. The van der Waals surface area contributed by atoms with Gasteiger partial charge in [0, 0.05) is 22.8 Å². The first-order valence-corrected chi connectivity index (χ1v) is 7.10. The Morgan fingerprint density at radius 2 is 1.81 bits per heavy atom. The molecule has 3 rings (SSSR count). The molecule has 5 nitrogen and oxygen atoms in total. The predicted octanol–water partition coefficient (Wildman–Crippen LogP) is 2.89. The second kappa shape index (κ2) is 5.80. The first-order valence-electron chi connectivity index (χ1n) is 6.28. The first-order chi connectivity index (χ1) is 10.2. The lowest BCUT2D eigenvalue weighted by atomic mass is 10.1. The Morgan fingerprint density at radius 1 is 1.10 bits per heavy atom. The summed E-state index contributed by atoms with van der Waals surface area (Å²) < 4.78 is 0. The van der Waals surface area contributed by atoms with Crippen LogP contribution in [0, 0.1) is 0 Å². The molecule has 2 heterocycles. The summed E-state index contributed by atoms with van der Waals surface area (Å²) in [5, 5.41) is 9.70. The summed E-state index contributed by atoms with van der Waals surface area (Å²) in [6.45, 7) is 0. The van der Waals surface area contributed by atoms with Crippen LogP contribution in [0.25, 0.3) is 22.1 Å². The molecule has 0 amide bonds. The third-order valence-electron chi connectivity index (χ3n) is 2.81. The molecule has 1 N–H and O–H groups in total. The van der Waals surface area contributed by atoms with Gasteiger partial charge >= 0.3 is 5.97 Å². The highest BCUT2D eigenvalue weighted by molar-refractivity contribution is 7.15. The van der Waals surface area contributed by atoms with Crippen molar-refractivity contribution < 1.29 is 9.90 Å². The highest BCUT2D eigenvalue weighted by atomic mass is 32.1. The zero-order valence-electron chi connectivity index (χ0n) is 10.9. The van der Waals surface area contributed by atoms with Crippen molar-refractivity contribution in [1.29, 1.82) is 0 Å². The van der Waals surface area contributed by atoms with Crippen molar-refractivity contribution in [2.24, 2.45) is 0 Å². The number of benzene rings is 1. The number of carboxylic acid groups (broad SMARTS) is 1. The molecule has 0 aliphatic heterocycles. The fourth-order valence-corrected chi connectivity index (χ4v) is 2.96. The highest BCUT2D eigenvalue weighted by Gasteiger charge is 2.17. The molecule has 0 fully saturated rings. The number of aromatic nitrogens is 3. The third kappa shape index (κ3) is 2.95. The third-order valence-corrected chi connectivity index (χ3v) is 3.86. The average Bonchev–Trinajstić information content (AvgIpc) is 2.92. The molecule has 0 saturated carbocycles. The summed E-state index contributed by atoms with van der Waals surface area (Å²) in [7, 11) is 0. The number of nitrogens with zero attached hydrogens (tertiary/aromatic N) is 3. The molecule has 0 atom stereocenters. The second-order valence-electron chi connectivity index (χ2n) is 4.30. The maximum atomic E-state index is 11.0. The molecule has 0 aliphatic rings. The lowest BCUT2D eigenvalue weighted by Crippen LogP contribution is -1.99. The number of hydrogen-bond donors (Lipinski definition) is 1. The molecule has 0 bridgehead atoms. The lowest BCUT2D eigenvalue weighted by molar-refractivity contribution is -0.136. The van der Waals surface area contributed by atoms with Gasteiger partial charge in [0.15, 0.2) is 10.8 Å². The van der Waals surface area contributed by atoms with Gasteiger partial charge in [0.05, 0.1) is 12.1 Å². The molecule has 104 valence electrons. The Bertz CT molecular complexity index is 757. The molecule has 0 saturated heterocycles. The quantitative estimate of drug-likeness (QED) is 0.801. The van der Waals surface area contributed by atoms with E-state index in [2.05, 4.69) is 15.0 Å². The standard InChI is InChI=1S/C15H11N3O2S/c19-12(20)9-11-13(10-5-2-1-3-6-10)18-15(21-11)14-16-7-4-8-17-14/h1-8H,9H2,(H,19,20). The summed E-state index contributed by atoms with van der Waals surface area (Å²) in [6.07, 6.45) is 3.22. The summed E-state index contributed by atoms with van der Waals surface area (Å²) in [4.78, 5) is 24.6. The zero-order chi connectivity index (χ0) is 14.7. The molecular weight excluding hydrogens is 286 g/mol. The van der Waals surface area contributed by atoms with Crippen LogP contribution in [0.2, 0.25) is 0 Å². The molecule has 21 heavy (non-hydrogen) atoms. The van der Waals surface area contributed by atoms with E-state index in [4.69, 9.17) is 5.11 Å². The van der Waals surface area contributed by atoms with Gasteiger partial charge in [0.25, 0.3) is 0 Å². The van der Waals surface area contributed by atoms with E-state index < -0.39 is 5.97 Å². The van der Waals surface area contributed by atoms with Gasteiger partial charge in [-0.3, -0.25) is 4.79 Å². The van der Waals surface area contributed by atoms with Crippen LogP contribution in [0.3, 0.4) is 0 Å². The Morgan fingerprint density at radius 3 is 2.48 bits per heavy atom. The van der Waals surface area contributed by atoms with Gasteiger partial charge in [-0.25, -0.2) is 15.0 Å². The van der Waals surface area contributed by atoms with Gasteiger partial charge in [-0.15, -0.1) is 11.3 Å². The fraction of sp³-hybridized carbons (Fsp3) is 0.0667. The van der Waals surface area contributed by atoms with E-state index in [0.29, 0.717) is 21.4 Å². The predicted molar refractivity (Wildman–Crippen MR) is 79.9 cm³/mol. The maximum Gasteiger partial charge on any atom is 0.308 e. The van der Waals surface area contributed by atoms with Gasteiger partial charge in [0.1, 0.15) is 0 Å². The van der Waals surface area contributed by atoms with Crippen LogP contribution in [0.4, 0.5) is 0 Å². The molecule has 2 aromatic heterocycles. The smallest absolute Gasteiger partial charge is 0.308 e. The van der Waals surface area contributed by atoms with Gasteiger partial charge in [0.2, 0.25) is 0 Å². The van der Waals surface area contributed by atoms with E-state index in [0.717, 1.165) is 5.56 Å². The van der Waals surface area contributed by atoms with Crippen LogP contribution in [-0.2, 0) is 11.2 Å². The topological polar surface area (TPSA) is 76.0 Å². The van der Waals surface area contributed by atoms with Crippen LogP contribution in [-0.4, -0.2) is 26.0 Å². The van der Waals surface area contributed by atoms with Gasteiger partial charge < -0.3 is 5.11 Å². The van der Waals surface area contributed by atoms with Crippen LogP contribution in [0.5, 0.6) is 0 Å². The number of aliphatic carboxylic acids is 1. The maximum absolute atomic E-state index is 11.0. The van der Waals surface area contributed by atoms with Crippen LogP contribution in [0.15, 0.2) is 48.8 Å². The Kier molecular flexibility index (Phi) is 3.70. The van der Waals surface area contributed by atoms with Crippen molar-refractivity contribution in [1.82, 2.24) is 15.0 Å². The van der Waals surface area contributed by atoms with Crippen molar-refractivity contribution in [3.8, 4) is 22.1 Å². The molecule has 0 radical (unpaired) electrons. The minimum atomic E-state index is -0.878. The number of carbonyl (C=O) groups is 1. The van der Waals surface area contributed by atoms with E-state index in [1.165, 1.54) is 11.3 Å². The van der Waals surface area contributed by atoms with Crippen molar-refractivity contribution in [3.63, 3.8) is 0 Å². The van der Waals surface area contributed by atoms with Crippen molar-refractivity contribution in [3.05, 3.63) is 53.7 Å². The van der Waals surface area contributed by atoms with Gasteiger partial charge in [-0.1, -0.05) is 30.3 Å². The van der Waals surface area contributed by atoms with Gasteiger partial charge in [-0.05, 0) is 6.07 Å². The minimum Gasteiger partial charge on any atom is -0.481 e. The monoisotopic (exact) mass is 297 g/mol. The molecule has 0 unspecified atom stereocenters. The fourth-order valence-electron chi connectivity index (χ4n) is 1.94. The SMILES string of the molecule is O=C(O)Cc1sc(-c2ncccn2)nc1-c1ccccc1. The second-order valence-corrected chi connectivity index (χ2v) is 5.38. The summed E-state index contributed by atoms with van der Waals surface area (Å²) in [5.41, 5.74) is 1.58. The van der Waals surface area contributed by atoms with Crippen molar-refractivity contribution in [2.75, 3.05) is 0 Å². The lowest BCUT2D eigenvalue weighted by Gasteiger charge is -1.99. The Labute approximate surface area is 125 Å². The average molecular weight is 297 g/mol. The molecular formula is C15H11N3O2S. The Hall–Kier alpha value is -2.60. The highest BCUT2D eigenvalue weighted by Crippen LogP contribution is 2.32. The number of hydrogen-bond acceptors (Lipinski definition) is 5. The van der Waals surface area contributed by atoms with E-state index >= 15 is 0 Å². The van der Waals surface area contributed by atoms with E-state index in [1.54, 1.807) is 18.5 Å². The van der Waals surface area contributed by atoms with Crippen LogP contribution in [0.1, 0.15) is 4.88 Å². The van der Waals surface area contributed by atoms with Crippen molar-refractivity contribution in [2.45, 2.75) is 6.42 Å². The van der Waals surface area contributed by atoms with Crippen molar-refractivity contribution >= 4 is 17.3 Å². The van der Waals surface area contributed by atoms with Gasteiger partial charge in [-0.2, -0.15) is 0 Å². The molecule has 6 heteroatoms. The van der Waals surface area contributed by atoms with Crippen LogP contribution >= 0.6 is 11.3 Å². The van der Waals surface area contributed by atoms with E-state index in [1.807, 2.05) is 30.3 Å². The van der Waals surface area contributed by atoms with E-state index in [-0.39, 0.29) is 6.42 Å². The normalized spacial score (nSPS) is 10.5. The number of rotatable bonds is 4.